The van der Waals surface area contributed by atoms with Crippen LogP contribution in [0.25, 0.3) is 0 Å². The molecule has 7 heteroatoms. The number of nitrogens with one attached hydrogen (secondary N) is 1. The molecular formula is C14H19NO6. The first-order valence-corrected chi connectivity index (χ1v) is 6.99. The van der Waals surface area contributed by atoms with E-state index in [4.69, 9.17) is 18.9 Å². The molecule has 0 aromatic carbocycles. The van der Waals surface area contributed by atoms with Gasteiger partial charge in [0, 0.05) is 13.0 Å². The molecule has 3 rings (SSSR count). The van der Waals surface area contributed by atoms with E-state index in [0.717, 1.165) is 0 Å². The van der Waals surface area contributed by atoms with Crippen LogP contribution in [0.5, 0.6) is 0 Å². The predicted molar refractivity (Wildman–Crippen MR) is 70.2 cm³/mol. The van der Waals surface area contributed by atoms with E-state index in [-0.39, 0.29) is 36.7 Å². The van der Waals surface area contributed by atoms with Gasteiger partial charge in [-0.15, -0.1) is 0 Å². The lowest BCUT2D eigenvalue weighted by Gasteiger charge is -2.42. The van der Waals surface area contributed by atoms with Gasteiger partial charge in [0.15, 0.2) is 5.79 Å². The van der Waals surface area contributed by atoms with E-state index in [9.17, 15) is 9.59 Å². The number of ether oxygens (including phenoxy) is 4. The summed E-state index contributed by atoms with van der Waals surface area (Å²) in [6.45, 7) is 5.06. The fourth-order valence-electron chi connectivity index (χ4n) is 2.99. The smallest absolute Gasteiger partial charge is 0.302 e. The topological polar surface area (TPSA) is 83.1 Å². The number of carbonyl (C=O) groups excluding carboxylic acids is 2. The lowest BCUT2D eigenvalue weighted by atomic mass is 9.91. The van der Waals surface area contributed by atoms with Gasteiger partial charge in [-0.1, -0.05) is 0 Å². The normalized spacial score (nSPS) is 40.1. The van der Waals surface area contributed by atoms with Crippen LogP contribution in [-0.2, 0) is 28.5 Å². The Morgan fingerprint density at radius 3 is 2.81 bits per heavy atom. The van der Waals surface area contributed by atoms with Crippen LogP contribution in [0.4, 0.5) is 0 Å². The van der Waals surface area contributed by atoms with E-state index in [1.54, 1.807) is 6.08 Å². The molecule has 0 bridgehead atoms. The lowest BCUT2D eigenvalue weighted by molar-refractivity contribution is -0.174. The summed E-state index contributed by atoms with van der Waals surface area (Å²) in [4.78, 5) is 22.6. The summed E-state index contributed by atoms with van der Waals surface area (Å²) in [5.41, 5.74) is 0. The maximum Gasteiger partial charge on any atom is 0.302 e. The van der Waals surface area contributed by atoms with Crippen molar-refractivity contribution in [3.05, 3.63) is 12.2 Å². The molecule has 21 heavy (non-hydrogen) atoms. The van der Waals surface area contributed by atoms with Gasteiger partial charge in [0.1, 0.15) is 24.9 Å². The number of esters is 1. The molecule has 5 atom stereocenters. The minimum absolute atomic E-state index is 0.0982. The molecule has 0 aromatic rings. The van der Waals surface area contributed by atoms with Crippen molar-refractivity contribution in [1.29, 1.82) is 0 Å². The largest absolute Gasteiger partial charge is 0.463 e. The third-order valence-corrected chi connectivity index (χ3v) is 3.77. The highest BCUT2D eigenvalue weighted by Gasteiger charge is 2.55. The lowest BCUT2D eigenvalue weighted by Crippen LogP contribution is -2.64. The predicted octanol–water partition coefficient (Wildman–Crippen LogP) is -0.108. The number of rotatable bonds is 2. The summed E-state index contributed by atoms with van der Waals surface area (Å²) in [5, 5.41) is 2.85. The average Bonchev–Trinajstić information content (AvgIpc) is 2.72. The standard InChI is InChI=1S/C14H19NO6/c1-7(16)18-6-9-12-13(21-14(2,3)20-12)11-8(19-9)4-5-10(17)15-11/h4-5,8-9,11-13H,6H2,1-3H3,(H,15,17)/t8?,9-,11?,12+,13-/m1/s1. The molecule has 2 fully saturated rings. The maximum absolute atomic E-state index is 11.5. The van der Waals surface area contributed by atoms with E-state index < -0.39 is 18.0 Å². The van der Waals surface area contributed by atoms with Crippen LogP contribution in [0.1, 0.15) is 20.8 Å². The highest BCUT2D eigenvalue weighted by molar-refractivity contribution is 5.89. The first-order chi connectivity index (χ1) is 9.85. The number of fused-ring (bicyclic) bond motifs is 3. The zero-order valence-corrected chi connectivity index (χ0v) is 12.2. The Morgan fingerprint density at radius 2 is 2.10 bits per heavy atom. The van der Waals surface area contributed by atoms with E-state index in [1.165, 1.54) is 13.0 Å². The fraction of sp³-hybridized carbons (Fsp3) is 0.714. The first kappa shape index (κ1) is 14.5. The van der Waals surface area contributed by atoms with Crippen molar-refractivity contribution in [3.8, 4) is 0 Å². The van der Waals surface area contributed by atoms with Crippen LogP contribution in [0.3, 0.4) is 0 Å². The zero-order valence-electron chi connectivity index (χ0n) is 12.2. The van der Waals surface area contributed by atoms with Crippen molar-refractivity contribution in [1.82, 2.24) is 5.32 Å². The zero-order chi connectivity index (χ0) is 15.2. The van der Waals surface area contributed by atoms with Crippen molar-refractivity contribution in [2.24, 2.45) is 0 Å². The quantitative estimate of drug-likeness (QED) is 0.716. The Morgan fingerprint density at radius 1 is 1.38 bits per heavy atom. The van der Waals surface area contributed by atoms with Crippen molar-refractivity contribution < 1.29 is 28.5 Å². The van der Waals surface area contributed by atoms with Crippen LogP contribution >= 0.6 is 0 Å². The molecule has 3 heterocycles. The summed E-state index contributed by atoms with van der Waals surface area (Å²) in [5.74, 6) is -1.32. The molecule has 0 aliphatic carbocycles. The van der Waals surface area contributed by atoms with Gasteiger partial charge >= 0.3 is 5.97 Å². The van der Waals surface area contributed by atoms with E-state index in [2.05, 4.69) is 5.32 Å². The Bertz CT molecular complexity index is 488. The van der Waals surface area contributed by atoms with E-state index in [1.807, 2.05) is 13.8 Å². The molecule has 116 valence electrons. The highest BCUT2D eigenvalue weighted by Crippen LogP contribution is 2.38. The molecule has 7 nitrogen and oxygen atoms in total. The Hall–Kier alpha value is -1.44. The monoisotopic (exact) mass is 297 g/mol. The summed E-state index contributed by atoms with van der Waals surface area (Å²) in [6.07, 6.45) is 1.66. The van der Waals surface area contributed by atoms with Crippen molar-refractivity contribution in [2.45, 2.75) is 57.0 Å². The second-order valence-electron chi connectivity index (χ2n) is 5.90. The van der Waals surface area contributed by atoms with Gasteiger partial charge in [-0.2, -0.15) is 0 Å². The second kappa shape index (κ2) is 5.08. The SMILES string of the molecule is CC(=O)OC[C@H]1OC2C=CC(=O)NC2[C@H]2OC(C)(C)O[C@H]21. The Kier molecular flexibility index (Phi) is 3.51. The van der Waals surface area contributed by atoms with Crippen LogP contribution < -0.4 is 5.32 Å². The summed E-state index contributed by atoms with van der Waals surface area (Å²) < 4.78 is 22.7. The highest BCUT2D eigenvalue weighted by atomic mass is 16.8. The molecular weight excluding hydrogens is 278 g/mol. The van der Waals surface area contributed by atoms with Gasteiger partial charge in [0.05, 0.1) is 12.1 Å². The van der Waals surface area contributed by atoms with Gasteiger partial charge in [0.2, 0.25) is 5.91 Å². The molecule has 1 N–H and O–H groups in total. The van der Waals surface area contributed by atoms with Crippen LogP contribution in [0, 0.1) is 0 Å². The van der Waals surface area contributed by atoms with E-state index >= 15 is 0 Å². The number of amides is 1. The average molecular weight is 297 g/mol. The van der Waals surface area contributed by atoms with Gasteiger partial charge in [0.25, 0.3) is 0 Å². The summed E-state index contributed by atoms with van der Waals surface area (Å²) in [7, 11) is 0. The Labute approximate surface area is 122 Å². The van der Waals surface area contributed by atoms with Gasteiger partial charge < -0.3 is 24.3 Å². The van der Waals surface area contributed by atoms with E-state index in [0.29, 0.717) is 0 Å². The number of hydrogen-bond acceptors (Lipinski definition) is 6. The van der Waals surface area contributed by atoms with Crippen molar-refractivity contribution in [2.75, 3.05) is 6.61 Å². The minimum atomic E-state index is -0.770. The third kappa shape index (κ3) is 2.81. The molecule has 2 saturated heterocycles. The molecule has 1 amide bonds. The van der Waals surface area contributed by atoms with Crippen molar-refractivity contribution in [3.63, 3.8) is 0 Å². The first-order valence-electron chi connectivity index (χ1n) is 6.99. The second-order valence-corrected chi connectivity index (χ2v) is 5.90. The number of hydrogen-bond donors (Lipinski definition) is 1. The molecule has 0 saturated carbocycles. The van der Waals surface area contributed by atoms with Crippen molar-refractivity contribution >= 4 is 11.9 Å². The molecule has 3 aliphatic heterocycles. The molecule has 0 radical (unpaired) electrons. The van der Waals surface area contributed by atoms with Gasteiger partial charge in [-0.25, -0.2) is 0 Å². The van der Waals surface area contributed by atoms with Gasteiger partial charge in [-0.05, 0) is 19.9 Å². The van der Waals surface area contributed by atoms with Crippen LogP contribution in [0.2, 0.25) is 0 Å². The fourth-order valence-corrected chi connectivity index (χ4v) is 2.99. The molecule has 3 aliphatic rings. The van der Waals surface area contributed by atoms with Crippen LogP contribution in [-0.4, -0.2) is 54.7 Å². The summed E-state index contributed by atoms with van der Waals surface area (Å²) in [6, 6.07) is -0.303. The van der Waals surface area contributed by atoms with Gasteiger partial charge in [-0.3, -0.25) is 9.59 Å². The summed E-state index contributed by atoms with van der Waals surface area (Å²) >= 11 is 0. The molecule has 0 spiro atoms. The Balaban J connectivity index is 1.82. The van der Waals surface area contributed by atoms with Crippen LogP contribution in [0.15, 0.2) is 12.2 Å². The third-order valence-electron chi connectivity index (χ3n) is 3.77. The molecule has 2 unspecified atom stereocenters. The molecule has 0 aromatic heterocycles. The minimum Gasteiger partial charge on any atom is -0.463 e. The maximum atomic E-state index is 11.5. The number of carbonyl (C=O) groups is 2.